The summed E-state index contributed by atoms with van der Waals surface area (Å²) in [6.07, 6.45) is 0. The summed E-state index contributed by atoms with van der Waals surface area (Å²) >= 11 is 1.73. The Hall–Kier alpha value is -0.940. The molecule has 1 rings (SSSR count). The number of nitriles is 1. The quantitative estimate of drug-likeness (QED) is 0.648. The predicted molar refractivity (Wildman–Crippen MR) is 52.3 cm³/mol. The van der Waals surface area contributed by atoms with Crippen LogP contribution in [0.1, 0.15) is 18.1 Å². The number of benzene rings is 1. The molecule has 0 unspecified atom stereocenters. The lowest BCUT2D eigenvalue weighted by molar-refractivity contribution is 1.26. The molecule has 0 fully saturated rings. The molecule has 1 nitrogen and oxygen atoms in total. The van der Waals surface area contributed by atoms with E-state index in [1.165, 1.54) is 5.56 Å². The summed E-state index contributed by atoms with van der Waals surface area (Å²) in [7, 11) is 0. The zero-order chi connectivity index (χ0) is 8.97. The van der Waals surface area contributed by atoms with Gasteiger partial charge >= 0.3 is 0 Å². The summed E-state index contributed by atoms with van der Waals surface area (Å²) < 4.78 is 0. The second kappa shape index (κ2) is 4.18. The molecule has 12 heavy (non-hydrogen) atoms. The van der Waals surface area contributed by atoms with E-state index in [0.29, 0.717) is 0 Å². The lowest BCUT2D eigenvalue weighted by Gasteiger charge is -2.04. The smallest absolute Gasteiger partial charge is 0.100 e. The Morgan fingerprint density at radius 1 is 1.50 bits per heavy atom. The molecule has 0 aliphatic carbocycles. The van der Waals surface area contributed by atoms with Crippen LogP contribution in [0.5, 0.6) is 0 Å². The maximum Gasteiger partial charge on any atom is 0.100 e. The minimum Gasteiger partial charge on any atom is -0.192 e. The maximum atomic E-state index is 8.81. The fraction of sp³-hybridized carbons (Fsp3) is 0.300. The van der Waals surface area contributed by atoms with Crippen LogP contribution in [0.15, 0.2) is 23.1 Å². The summed E-state index contributed by atoms with van der Waals surface area (Å²) in [6, 6.07) is 8.03. The number of rotatable bonds is 2. The highest BCUT2D eigenvalue weighted by Gasteiger charge is 2.03. The number of thioether (sulfide) groups is 1. The van der Waals surface area contributed by atoms with Crippen molar-refractivity contribution in [2.45, 2.75) is 18.7 Å². The molecule has 0 saturated heterocycles. The van der Waals surface area contributed by atoms with Crippen LogP contribution in [0.2, 0.25) is 0 Å². The second-order valence-corrected chi connectivity index (χ2v) is 3.77. The fourth-order valence-corrected chi connectivity index (χ4v) is 1.93. The first-order valence-electron chi connectivity index (χ1n) is 3.92. The Balaban J connectivity index is 3.13. The van der Waals surface area contributed by atoms with E-state index in [0.717, 1.165) is 16.2 Å². The third kappa shape index (κ3) is 1.80. The van der Waals surface area contributed by atoms with Crippen LogP contribution < -0.4 is 0 Å². The molecule has 0 amide bonds. The summed E-state index contributed by atoms with van der Waals surface area (Å²) in [6.45, 7) is 4.14. The van der Waals surface area contributed by atoms with E-state index in [1.807, 2.05) is 25.1 Å². The molecule has 62 valence electrons. The van der Waals surface area contributed by atoms with Crippen molar-refractivity contribution >= 4 is 11.8 Å². The molecular weight excluding hydrogens is 166 g/mol. The van der Waals surface area contributed by atoms with Gasteiger partial charge in [-0.25, -0.2) is 0 Å². The van der Waals surface area contributed by atoms with Crippen molar-refractivity contribution in [1.82, 2.24) is 0 Å². The molecule has 0 spiro atoms. The van der Waals surface area contributed by atoms with Gasteiger partial charge in [-0.15, -0.1) is 11.8 Å². The topological polar surface area (TPSA) is 23.8 Å². The van der Waals surface area contributed by atoms with Gasteiger partial charge in [0, 0.05) is 4.90 Å². The van der Waals surface area contributed by atoms with Gasteiger partial charge in [-0.1, -0.05) is 19.1 Å². The first-order valence-corrected chi connectivity index (χ1v) is 4.90. The van der Waals surface area contributed by atoms with Crippen LogP contribution in [0, 0.1) is 18.3 Å². The molecule has 0 heterocycles. The first-order chi connectivity index (χ1) is 5.79. The molecule has 0 radical (unpaired) electrons. The third-order valence-electron chi connectivity index (χ3n) is 1.62. The van der Waals surface area contributed by atoms with Crippen LogP contribution in [0.3, 0.4) is 0 Å². The van der Waals surface area contributed by atoms with Gasteiger partial charge in [0.25, 0.3) is 0 Å². The van der Waals surface area contributed by atoms with Crippen molar-refractivity contribution in [2.24, 2.45) is 0 Å². The van der Waals surface area contributed by atoms with Crippen LogP contribution in [-0.4, -0.2) is 5.75 Å². The van der Waals surface area contributed by atoms with Crippen molar-refractivity contribution in [3.63, 3.8) is 0 Å². The lowest BCUT2D eigenvalue weighted by Crippen LogP contribution is -1.85. The Labute approximate surface area is 77.4 Å². The SMILES string of the molecule is CCSc1c(C)cccc1C#N. The molecule has 0 aliphatic rings. The molecule has 0 aromatic heterocycles. The number of nitrogens with zero attached hydrogens (tertiary/aromatic N) is 1. The van der Waals surface area contributed by atoms with E-state index < -0.39 is 0 Å². The lowest BCUT2D eigenvalue weighted by atomic mass is 10.1. The zero-order valence-corrected chi connectivity index (χ0v) is 8.11. The molecule has 1 aromatic carbocycles. The van der Waals surface area contributed by atoms with Crippen LogP contribution >= 0.6 is 11.8 Å². The Morgan fingerprint density at radius 2 is 2.25 bits per heavy atom. The van der Waals surface area contributed by atoms with E-state index in [9.17, 15) is 0 Å². The number of hydrogen-bond acceptors (Lipinski definition) is 2. The summed E-state index contributed by atoms with van der Waals surface area (Å²) in [4.78, 5) is 1.13. The third-order valence-corrected chi connectivity index (χ3v) is 2.74. The highest BCUT2D eigenvalue weighted by atomic mass is 32.2. The van der Waals surface area contributed by atoms with Gasteiger partial charge in [-0.05, 0) is 24.3 Å². The van der Waals surface area contributed by atoms with Crippen molar-refractivity contribution < 1.29 is 0 Å². The molecular formula is C10H11NS. The molecule has 0 atom stereocenters. The van der Waals surface area contributed by atoms with E-state index in [-0.39, 0.29) is 0 Å². The Bertz CT molecular complexity index is 312. The Morgan fingerprint density at radius 3 is 2.83 bits per heavy atom. The zero-order valence-electron chi connectivity index (χ0n) is 7.29. The van der Waals surface area contributed by atoms with Crippen molar-refractivity contribution in [1.29, 1.82) is 5.26 Å². The van der Waals surface area contributed by atoms with E-state index in [2.05, 4.69) is 13.0 Å². The summed E-state index contributed by atoms with van der Waals surface area (Å²) in [5, 5.41) is 8.81. The maximum absolute atomic E-state index is 8.81. The first kappa shape index (κ1) is 9.15. The van der Waals surface area contributed by atoms with Gasteiger partial charge in [0.2, 0.25) is 0 Å². The number of hydrogen-bond donors (Lipinski definition) is 0. The molecule has 1 aromatic rings. The molecule has 0 bridgehead atoms. The molecule has 0 saturated carbocycles. The minimum absolute atomic E-state index is 0.793. The van der Waals surface area contributed by atoms with E-state index in [4.69, 9.17) is 5.26 Å². The van der Waals surface area contributed by atoms with Gasteiger partial charge < -0.3 is 0 Å². The summed E-state index contributed by atoms with van der Waals surface area (Å²) in [5.74, 6) is 1.01. The second-order valence-electron chi connectivity index (χ2n) is 2.50. The monoisotopic (exact) mass is 177 g/mol. The number of aryl methyl sites for hydroxylation is 1. The average molecular weight is 177 g/mol. The van der Waals surface area contributed by atoms with E-state index in [1.54, 1.807) is 11.8 Å². The van der Waals surface area contributed by atoms with Gasteiger partial charge in [0.1, 0.15) is 6.07 Å². The predicted octanol–water partition coefficient (Wildman–Crippen LogP) is 2.98. The fourth-order valence-electron chi connectivity index (χ4n) is 1.08. The van der Waals surface area contributed by atoms with E-state index >= 15 is 0 Å². The molecule has 0 aliphatic heterocycles. The van der Waals surface area contributed by atoms with Gasteiger partial charge in [-0.2, -0.15) is 5.26 Å². The molecule has 0 N–H and O–H groups in total. The van der Waals surface area contributed by atoms with Crippen molar-refractivity contribution in [3.05, 3.63) is 29.3 Å². The largest absolute Gasteiger partial charge is 0.192 e. The Kier molecular flexibility index (Phi) is 3.19. The van der Waals surface area contributed by atoms with Crippen LogP contribution in [0.4, 0.5) is 0 Å². The average Bonchev–Trinajstić information content (AvgIpc) is 2.09. The normalized spacial score (nSPS) is 9.42. The summed E-state index contributed by atoms with van der Waals surface area (Å²) in [5.41, 5.74) is 1.99. The van der Waals surface area contributed by atoms with Crippen LogP contribution in [0.25, 0.3) is 0 Å². The highest BCUT2D eigenvalue weighted by molar-refractivity contribution is 7.99. The molecule has 2 heteroatoms. The van der Waals surface area contributed by atoms with Gasteiger partial charge in [0.15, 0.2) is 0 Å². The minimum atomic E-state index is 0.793. The van der Waals surface area contributed by atoms with Crippen molar-refractivity contribution in [3.8, 4) is 6.07 Å². The van der Waals surface area contributed by atoms with Crippen LogP contribution in [-0.2, 0) is 0 Å². The van der Waals surface area contributed by atoms with Gasteiger partial charge in [-0.3, -0.25) is 0 Å². The van der Waals surface area contributed by atoms with Gasteiger partial charge in [0.05, 0.1) is 5.56 Å². The standard InChI is InChI=1S/C10H11NS/c1-3-12-10-8(2)5-4-6-9(10)7-11/h4-6H,3H2,1-2H3. The highest BCUT2D eigenvalue weighted by Crippen LogP contribution is 2.25. The van der Waals surface area contributed by atoms with Crippen molar-refractivity contribution in [2.75, 3.05) is 5.75 Å².